The molecule has 2 aliphatic heterocycles. The maximum Gasteiger partial charge on any atom is 0.141 e. The van der Waals surface area contributed by atoms with Gasteiger partial charge in [0.25, 0.3) is 0 Å². The van der Waals surface area contributed by atoms with Crippen LogP contribution in [0.5, 0.6) is 0 Å². The van der Waals surface area contributed by atoms with E-state index in [-0.39, 0.29) is 10.8 Å². The Morgan fingerprint density at radius 2 is 2.10 bits per heavy atom. The fraction of sp³-hybridized carbons (Fsp3) is 0.625. The van der Waals surface area contributed by atoms with Crippen molar-refractivity contribution < 1.29 is 4.39 Å². The molecule has 2 nitrogen and oxygen atoms in total. The van der Waals surface area contributed by atoms with E-state index in [1.54, 1.807) is 6.07 Å². The Balaban J connectivity index is 1.89. The van der Waals surface area contributed by atoms with Crippen LogP contribution in [0.3, 0.4) is 0 Å². The summed E-state index contributed by atoms with van der Waals surface area (Å²) in [6.07, 6.45) is 2.57. The minimum absolute atomic E-state index is 0.221. The number of hydrogen-bond donors (Lipinski definition) is 0. The van der Waals surface area contributed by atoms with Crippen LogP contribution >= 0.6 is 11.6 Å². The first-order chi connectivity index (χ1) is 9.56. The van der Waals surface area contributed by atoms with Gasteiger partial charge < -0.3 is 4.90 Å². The molecule has 0 bridgehead atoms. The second-order valence-electron chi connectivity index (χ2n) is 6.35. The summed E-state index contributed by atoms with van der Waals surface area (Å²) in [6.45, 7) is 7.90. The Morgan fingerprint density at radius 1 is 1.30 bits per heavy atom. The summed E-state index contributed by atoms with van der Waals surface area (Å²) >= 11 is 5.96. The first-order valence-corrected chi connectivity index (χ1v) is 7.90. The summed E-state index contributed by atoms with van der Waals surface area (Å²) < 4.78 is 13.4. The van der Waals surface area contributed by atoms with E-state index in [4.69, 9.17) is 11.6 Å². The second kappa shape index (κ2) is 5.53. The van der Waals surface area contributed by atoms with Gasteiger partial charge in [-0.25, -0.2) is 4.39 Å². The molecule has 0 radical (unpaired) electrons. The first kappa shape index (κ1) is 14.2. The molecule has 1 aromatic carbocycles. The Kier molecular flexibility index (Phi) is 3.91. The fourth-order valence-corrected chi connectivity index (χ4v) is 3.75. The van der Waals surface area contributed by atoms with E-state index in [9.17, 15) is 4.39 Å². The highest BCUT2D eigenvalue weighted by Gasteiger charge is 2.37. The van der Waals surface area contributed by atoms with Gasteiger partial charge in [0.05, 0.1) is 5.02 Å². The molecule has 110 valence electrons. The van der Waals surface area contributed by atoms with Gasteiger partial charge in [-0.15, -0.1) is 0 Å². The van der Waals surface area contributed by atoms with Crippen LogP contribution in [-0.2, 0) is 0 Å². The summed E-state index contributed by atoms with van der Waals surface area (Å²) in [4.78, 5) is 5.05. The lowest BCUT2D eigenvalue weighted by Crippen LogP contribution is -2.58. The average Bonchev–Trinajstić information content (AvgIpc) is 2.87. The Morgan fingerprint density at radius 3 is 2.80 bits per heavy atom. The third-order valence-corrected chi connectivity index (χ3v) is 5.02. The maximum absolute atomic E-state index is 13.4. The molecule has 2 fully saturated rings. The summed E-state index contributed by atoms with van der Waals surface area (Å²) in [5, 5.41) is 0.221. The zero-order chi connectivity index (χ0) is 14.3. The van der Waals surface area contributed by atoms with Crippen molar-refractivity contribution in [2.24, 2.45) is 5.92 Å². The number of fused-ring (bicyclic) bond motifs is 1. The highest BCUT2D eigenvalue weighted by Crippen LogP contribution is 2.33. The third-order valence-electron chi connectivity index (χ3n) is 4.73. The highest BCUT2D eigenvalue weighted by atomic mass is 35.5. The monoisotopic (exact) mass is 296 g/mol. The zero-order valence-electron chi connectivity index (χ0n) is 12.1. The molecule has 0 spiro atoms. The van der Waals surface area contributed by atoms with Crippen molar-refractivity contribution in [3.63, 3.8) is 0 Å². The first-order valence-electron chi connectivity index (χ1n) is 7.52. The van der Waals surface area contributed by atoms with Crippen molar-refractivity contribution in [3.8, 4) is 0 Å². The number of halogens is 2. The van der Waals surface area contributed by atoms with Gasteiger partial charge in [-0.1, -0.05) is 25.4 Å². The van der Waals surface area contributed by atoms with E-state index < -0.39 is 0 Å². The molecule has 4 heteroatoms. The Labute approximate surface area is 125 Å². The van der Waals surface area contributed by atoms with Crippen LogP contribution in [0.4, 0.5) is 10.1 Å². The smallest absolute Gasteiger partial charge is 0.141 e. The third kappa shape index (κ3) is 2.53. The maximum atomic E-state index is 13.4. The lowest BCUT2D eigenvalue weighted by Gasteiger charge is -2.46. The van der Waals surface area contributed by atoms with E-state index in [0.717, 1.165) is 18.8 Å². The van der Waals surface area contributed by atoms with Gasteiger partial charge >= 0.3 is 0 Å². The molecule has 2 atom stereocenters. The standard InChI is InChI=1S/C16H22ClFN2/c1-11(2)16-10-19-7-3-4-13(19)9-20(16)12-5-6-15(18)14(17)8-12/h5-6,8,11,13,16H,3-4,7,9-10H2,1-2H3. The molecule has 0 aliphatic carbocycles. The van der Waals surface area contributed by atoms with E-state index in [1.807, 2.05) is 6.07 Å². The predicted molar refractivity (Wildman–Crippen MR) is 82.0 cm³/mol. The molecule has 0 saturated carbocycles. The Hall–Kier alpha value is -0.800. The normalized spacial score (nSPS) is 27.1. The summed E-state index contributed by atoms with van der Waals surface area (Å²) in [7, 11) is 0. The minimum Gasteiger partial charge on any atom is -0.365 e. The molecule has 1 aromatic rings. The van der Waals surface area contributed by atoms with Crippen LogP contribution in [0, 0.1) is 11.7 Å². The van der Waals surface area contributed by atoms with Gasteiger partial charge in [-0.05, 0) is 43.5 Å². The van der Waals surface area contributed by atoms with Gasteiger partial charge in [0, 0.05) is 30.9 Å². The molecule has 2 saturated heterocycles. The van der Waals surface area contributed by atoms with Crippen molar-refractivity contribution >= 4 is 17.3 Å². The number of benzene rings is 1. The van der Waals surface area contributed by atoms with Crippen LogP contribution in [0.15, 0.2) is 18.2 Å². The molecule has 2 unspecified atom stereocenters. The van der Waals surface area contributed by atoms with E-state index in [2.05, 4.69) is 23.6 Å². The second-order valence-corrected chi connectivity index (χ2v) is 6.76. The molecular formula is C16H22ClFN2. The van der Waals surface area contributed by atoms with Crippen molar-refractivity contribution in [1.29, 1.82) is 0 Å². The van der Waals surface area contributed by atoms with Gasteiger partial charge in [0.1, 0.15) is 5.82 Å². The quantitative estimate of drug-likeness (QED) is 0.819. The molecule has 2 aliphatic rings. The van der Waals surface area contributed by atoms with Crippen LogP contribution < -0.4 is 4.90 Å². The van der Waals surface area contributed by atoms with Gasteiger partial charge in [-0.3, -0.25) is 4.90 Å². The van der Waals surface area contributed by atoms with Crippen LogP contribution in [0.25, 0.3) is 0 Å². The van der Waals surface area contributed by atoms with Gasteiger partial charge in [-0.2, -0.15) is 0 Å². The topological polar surface area (TPSA) is 6.48 Å². The van der Waals surface area contributed by atoms with Crippen molar-refractivity contribution in [3.05, 3.63) is 29.0 Å². The lowest BCUT2D eigenvalue weighted by molar-refractivity contribution is 0.176. The van der Waals surface area contributed by atoms with Crippen LogP contribution in [0.1, 0.15) is 26.7 Å². The molecule has 0 amide bonds. The van der Waals surface area contributed by atoms with E-state index in [1.165, 1.54) is 25.5 Å². The van der Waals surface area contributed by atoms with Gasteiger partial charge in [0.2, 0.25) is 0 Å². The zero-order valence-corrected chi connectivity index (χ0v) is 12.9. The molecule has 20 heavy (non-hydrogen) atoms. The largest absolute Gasteiger partial charge is 0.365 e. The number of nitrogens with zero attached hydrogens (tertiary/aromatic N) is 2. The van der Waals surface area contributed by atoms with Crippen molar-refractivity contribution in [2.75, 3.05) is 24.5 Å². The van der Waals surface area contributed by atoms with Crippen molar-refractivity contribution in [2.45, 2.75) is 38.8 Å². The predicted octanol–water partition coefficient (Wildman–Crippen LogP) is 3.79. The SMILES string of the molecule is CC(C)C1CN2CCCC2CN1c1ccc(F)c(Cl)c1. The van der Waals surface area contributed by atoms with Crippen LogP contribution in [0.2, 0.25) is 5.02 Å². The number of piperazine rings is 1. The van der Waals surface area contributed by atoms with Gasteiger partial charge in [0.15, 0.2) is 0 Å². The summed E-state index contributed by atoms with van der Waals surface area (Å²) in [6, 6.07) is 6.24. The van der Waals surface area contributed by atoms with Crippen LogP contribution in [-0.4, -0.2) is 36.6 Å². The highest BCUT2D eigenvalue weighted by molar-refractivity contribution is 6.31. The van der Waals surface area contributed by atoms with Crippen molar-refractivity contribution in [1.82, 2.24) is 4.90 Å². The number of rotatable bonds is 2. The molecule has 2 heterocycles. The number of hydrogen-bond acceptors (Lipinski definition) is 2. The van der Waals surface area contributed by atoms with E-state index >= 15 is 0 Å². The fourth-order valence-electron chi connectivity index (χ4n) is 3.57. The molecule has 0 aromatic heterocycles. The lowest BCUT2D eigenvalue weighted by atomic mass is 9.96. The molecule has 3 rings (SSSR count). The van der Waals surface area contributed by atoms with E-state index in [0.29, 0.717) is 18.0 Å². The molecule has 0 N–H and O–H groups in total. The number of anilines is 1. The summed E-state index contributed by atoms with van der Waals surface area (Å²) in [5.74, 6) is 0.233. The Bertz CT molecular complexity index is 491. The molecular weight excluding hydrogens is 275 g/mol. The summed E-state index contributed by atoms with van der Waals surface area (Å²) in [5.41, 5.74) is 1.06. The average molecular weight is 297 g/mol. The minimum atomic E-state index is -0.337.